The molecule has 0 aromatic heterocycles. The van der Waals surface area contributed by atoms with Crippen LogP contribution in [0.25, 0.3) is 6.08 Å². The number of hydrogen-bond donors (Lipinski definition) is 0. The number of fused-ring (bicyclic) bond motifs is 2. The van der Waals surface area contributed by atoms with Gasteiger partial charge in [0, 0.05) is 22.0 Å². The Morgan fingerprint density at radius 3 is 3.12 bits per heavy atom. The first-order valence-corrected chi connectivity index (χ1v) is 6.24. The predicted octanol–water partition coefficient (Wildman–Crippen LogP) is 3.35. The lowest BCUT2D eigenvalue weighted by Crippen LogP contribution is -2.30. The Hall–Kier alpha value is -1.09. The van der Waals surface area contributed by atoms with E-state index in [1.807, 2.05) is 24.3 Å². The fraction of sp³-hybridized carbons (Fsp3) is 0.308. The average Bonchev–Trinajstić information content (AvgIpc) is 2.28. The van der Waals surface area contributed by atoms with Crippen molar-refractivity contribution in [2.75, 3.05) is 0 Å². The van der Waals surface area contributed by atoms with Crippen molar-refractivity contribution in [1.82, 2.24) is 0 Å². The highest BCUT2D eigenvalue weighted by Crippen LogP contribution is 2.36. The van der Waals surface area contributed by atoms with Gasteiger partial charge in [-0.25, -0.2) is 0 Å². The normalized spacial score (nSPS) is 22.9. The molecule has 0 unspecified atom stereocenters. The molecule has 2 nitrogen and oxygen atoms in total. The second kappa shape index (κ2) is 3.74. The monoisotopic (exact) mass is 278 g/mol. The minimum absolute atomic E-state index is 0.0186. The van der Waals surface area contributed by atoms with E-state index >= 15 is 0 Å². The van der Waals surface area contributed by atoms with Crippen LogP contribution in [0.5, 0.6) is 5.75 Å². The summed E-state index contributed by atoms with van der Waals surface area (Å²) in [5.41, 5.74) is 1.84. The highest BCUT2D eigenvalue weighted by Gasteiger charge is 2.30. The summed E-state index contributed by atoms with van der Waals surface area (Å²) < 4.78 is 6.86. The van der Waals surface area contributed by atoms with Gasteiger partial charge in [0.05, 0.1) is 0 Å². The van der Waals surface area contributed by atoms with Gasteiger partial charge in [0.15, 0.2) is 5.78 Å². The van der Waals surface area contributed by atoms with E-state index in [1.54, 1.807) is 0 Å². The molecule has 1 aromatic rings. The summed E-state index contributed by atoms with van der Waals surface area (Å²) in [6.45, 7) is 0. The van der Waals surface area contributed by atoms with Gasteiger partial charge < -0.3 is 4.74 Å². The molecule has 0 N–H and O–H groups in total. The van der Waals surface area contributed by atoms with Crippen molar-refractivity contribution < 1.29 is 9.53 Å². The first-order valence-electron chi connectivity index (χ1n) is 5.45. The molecule has 0 amide bonds. The topological polar surface area (TPSA) is 26.3 Å². The van der Waals surface area contributed by atoms with Gasteiger partial charge in [0.2, 0.25) is 0 Å². The maximum absolute atomic E-state index is 11.8. The molecule has 1 heterocycles. The van der Waals surface area contributed by atoms with E-state index in [0.717, 1.165) is 34.2 Å². The summed E-state index contributed by atoms with van der Waals surface area (Å²) in [5.74, 6) is 1.12. The molecular formula is C13H11BrO2. The Labute approximate surface area is 102 Å². The van der Waals surface area contributed by atoms with Crippen molar-refractivity contribution in [3.05, 3.63) is 33.8 Å². The van der Waals surface area contributed by atoms with Crippen LogP contribution in [0.3, 0.4) is 0 Å². The van der Waals surface area contributed by atoms with Crippen LogP contribution in [-0.2, 0) is 4.79 Å². The summed E-state index contributed by atoms with van der Waals surface area (Å²) in [7, 11) is 0. The van der Waals surface area contributed by atoms with Crippen LogP contribution < -0.4 is 4.74 Å². The van der Waals surface area contributed by atoms with E-state index < -0.39 is 0 Å². The molecule has 82 valence electrons. The van der Waals surface area contributed by atoms with Crippen molar-refractivity contribution in [3.8, 4) is 5.75 Å². The van der Waals surface area contributed by atoms with Gasteiger partial charge in [0.1, 0.15) is 11.9 Å². The molecule has 1 aromatic carbocycles. The van der Waals surface area contributed by atoms with Gasteiger partial charge in [-0.3, -0.25) is 4.79 Å². The number of ketones is 1. The molecule has 3 rings (SSSR count). The Bertz CT molecular complexity index is 491. The van der Waals surface area contributed by atoms with E-state index in [9.17, 15) is 4.79 Å². The lowest BCUT2D eigenvalue weighted by molar-refractivity contribution is -0.117. The lowest BCUT2D eigenvalue weighted by atomic mass is 9.87. The Morgan fingerprint density at radius 2 is 2.25 bits per heavy atom. The third kappa shape index (κ3) is 1.59. The van der Waals surface area contributed by atoms with Crippen molar-refractivity contribution in [1.29, 1.82) is 0 Å². The largest absolute Gasteiger partial charge is 0.485 e. The predicted molar refractivity (Wildman–Crippen MR) is 65.4 cm³/mol. The zero-order valence-corrected chi connectivity index (χ0v) is 10.3. The van der Waals surface area contributed by atoms with E-state index in [4.69, 9.17) is 4.74 Å². The number of carbonyl (C=O) groups is 1. The van der Waals surface area contributed by atoms with Crippen LogP contribution in [-0.4, -0.2) is 11.9 Å². The third-order valence-corrected chi connectivity index (χ3v) is 3.58. The van der Waals surface area contributed by atoms with Crippen LogP contribution in [0.2, 0.25) is 0 Å². The average molecular weight is 279 g/mol. The van der Waals surface area contributed by atoms with E-state index in [1.165, 1.54) is 0 Å². The zero-order chi connectivity index (χ0) is 11.1. The number of hydrogen-bond acceptors (Lipinski definition) is 2. The van der Waals surface area contributed by atoms with Crippen LogP contribution >= 0.6 is 15.9 Å². The fourth-order valence-corrected chi connectivity index (χ4v) is 2.66. The Balaban J connectivity index is 2.09. The molecule has 1 fully saturated rings. The minimum atomic E-state index is -0.0186. The van der Waals surface area contributed by atoms with Gasteiger partial charge in [-0.1, -0.05) is 15.9 Å². The summed E-state index contributed by atoms with van der Waals surface area (Å²) in [4.78, 5) is 11.8. The van der Waals surface area contributed by atoms with E-state index in [-0.39, 0.29) is 11.9 Å². The second-order valence-electron chi connectivity index (χ2n) is 4.20. The molecule has 0 bridgehead atoms. The number of ether oxygens (including phenoxy) is 1. The maximum Gasteiger partial charge on any atom is 0.162 e. The third-order valence-electron chi connectivity index (χ3n) is 3.09. The van der Waals surface area contributed by atoms with Crippen LogP contribution in [0.15, 0.2) is 28.2 Å². The van der Waals surface area contributed by atoms with E-state index in [0.29, 0.717) is 6.42 Å². The fourth-order valence-electron chi connectivity index (χ4n) is 2.28. The SMILES string of the molecule is O=C1CCC[C@H]2Oc3ccc(Br)cc3C=C12. The number of carbonyl (C=O) groups excluding carboxylic acids is 1. The second-order valence-corrected chi connectivity index (χ2v) is 5.12. The molecule has 1 saturated carbocycles. The van der Waals surface area contributed by atoms with Crippen LogP contribution in [0, 0.1) is 0 Å². The van der Waals surface area contributed by atoms with Gasteiger partial charge in [-0.15, -0.1) is 0 Å². The number of rotatable bonds is 0. The van der Waals surface area contributed by atoms with Crippen molar-refractivity contribution in [2.45, 2.75) is 25.4 Å². The zero-order valence-electron chi connectivity index (χ0n) is 8.70. The minimum Gasteiger partial charge on any atom is -0.485 e. The van der Waals surface area contributed by atoms with E-state index in [2.05, 4.69) is 15.9 Å². The lowest BCUT2D eigenvalue weighted by Gasteiger charge is -2.29. The number of benzene rings is 1. The molecule has 0 saturated heterocycles. The van der Waals surface area contributed by atoms with Gasteiger partial charge in [0.25, 0.3) is 0 Å². The molecule has 16 heavy (non-hydrogen) atoms. The quantitative estimate of drug-likeness (QED) is 0.728. The van der Waals surface area contributed by atoms with Crippen molar-refractivity contribution >= 4 is 27.8 Å². The number of Topliss-reactive ketones (excluding diaryl/α,β-unsaturated/α-hetero) is 1. The standard InChI is InChI=1S/C13H11BrO2/c14-9-4-5-12-8(6-9)7-10-11(15)2-1-3-13(10)16-12/h4-7,13H,1-3H2/t13-/m1/s1. The van der Waals surface area contributed by atoms with Crippen LogP contribution in [0.4, 0.5) is 0 Å². The molecule has 1 aliphatic carbocycles. The molecule has 1 aliphatic heterocycles. The first-order chi connectivity index (χ1) is 7.74. The summed E-state index contributed by atoms with van der Waals surface area (Å²) >= 11 is 3.42. The van der Waals surface area contributed by atoms with Crippen LogP contribution in [0.1, 0.15) is 24.8 Å². The molecule has 0 radical (unpaired) electrons. The van der Waals surface area contributed by atoms with Gasteiger partial charge in [-0.05, 0) is 37.1 Å². The van der Waals surface area contributed by atoms with Crippen molar-refractivity contribution in [2.24, 2.45) is 0 Å². The Morgan fingerprint density at radius 1 is 1.38 bits per heavy atom. The Kier molecular flexibility index (Phi) is 2.36. The summed E-state index contributed by atoms with van der Waals surface area (Å²) in [6, 6.07) is 5.90. The molecule has 0 spiro atoms. The van der Waals surface area contributed by atoms with Crippen molar-refractivity contribution in [3.63, 3.8) is 0 Å². The van der Waals surface area contributed by atoms with Gasteiger partial charge >= 0.3 is 0 Å². The maximum atomic E-state index is 11.8. The summed E-state index contributed by atoms with van der Waals surface area (Å²) in [6.07, 6.45) is 4.51. The smallest absolute Gasteiger partial charge is 0.162 e. The molecule has 1 atom stereocenters. The number of halogens is 1. The first kappa shape index (κ1) is 10.1. The molecule has 2 aliphatic rings. The molecule has 3 heteroatoms. The van der Waals surface area contributed by atoms with Gasteiger partial charge in [-0.2, -0.15) is 0 Å². The highest BCUT2D eigenvalue weighted by atomic mass is 79.9. The highest BCUT2D eigenvalue weighted by molar-refractivity contribution is 9.10. The molecular weight excluding hydrogens is 268 g/mol. The summed E-state index contributed by atoms with van der Waals surface area (Å²) in [5, 5.41) is 0.